The minimum atomic E-state index is -0.111. The van der Waals surface area contributed by atoms with Gasteiger partial charge < -0.3 is 5.32 Å². The fraction of sp³-hybridized carbons (Fsp3) is 0.308. The van der Waals surface area contributed by atoms with Crippen molar-refractivity contribution in [2.24, 2.45) is 0 Å². The van der Waals surface area contributed by atoms with Gasteiger partial charge in [0.25, 0.3) is 0 Å². The minimum Gasteiger partial charge on any atom is -0.301 e. The summed E-state index contributed by atoms with van der Waals surface area (Å²) in [6.07, 6.45) is 8.54. The Morgan fingerprint density at radius 3 is 2.71 bits per heavy atom. The molecule has 180 valence electrons. The van der Waals surface area contributed by atoms with Crippen LogP contribution < -0.4 is 5.32 Å². The molecule has 9 heteroatoms. The van der Waals surface area contributed by atoms with Crippen LogP contribution in [-0.2, 0) is 11.2 Å². The summed E-state index contributed by atoms with van der Waals surface area (Å²) in [5.41, 5.74) is 2.15. The van der Waals surface area contributed by atoms with E-state index < -0.39 is 0 Å². The average Bonchev–Trinajstić information content (AvgIpc) is 3.50. The van der Waals surface area contributed by atoms with Crippen molar-refractivity contribution in [2.75, 3.05) is 11.1 Å². The third kappa shape index (κ3) is 6.12. The summed E-state index contributed by atoms with van der Waals surface area (Å²) in [7, 11) is 0. The summed E-state index contributed by atoms with van der Waals surface area (Å²) in [4.78, 5) is 18.2. The second kappa shape index (κ2) is 11.4. The van der Waals surface area contributed by atoms with E-state index in [1.54, 1.807) is 6.20 Å². The Morgan fingerprint density at radius 1 is 1.09 bits per heavy atom. The van der Waals surface area contributed by atoms with Crippen molar-refractivity contribution in [3.05, 3.63) is 82.1 Å². The Morgan fingerprint density at radius 2 is 1.91 bits per heavy atom. The first-order chi connectivity index (χ1) is 17.2. The number of carbonyl (C=O) groups is 1. The standard InChI is InChI=1S/C26H26ClN5OS2/c27-20-11-7-8-18(14-20)15-22-16-28-25(35-22)29-23(33)17-34-26-31-30-24(19-9-3-1-4-10-19)32(26)21-12-5-2-6-13-21/h2,5-8,11-14,16,19H,1,3-4,9-10,15,17H2,(H,28,29,33). The minimum absolute atomic E-state index is 0.111. The lowest BCUT2D eigenvalue weighted by molar-refractivity contribution is -0.113. The number of nitrogens with one attached hydrogen (secondary N) is 1. The van der Waals surface area contributed by atoms with Crippen molar-refractivity contribution >= 4 is 45.7 Å². The molecule has 1 aliphatic carbocycles. The summed E-state index contributed by atoms with van der Waals surface area (Å²) >= 11 is 8.97. The number of thiazole rings is 1. The van der Waals surface area contributed by atoms with Crippen molar-refractivity contribution in [2.45, 2.75) is 49.6 Å². The number of anilines is 1. The molecule has 5 rings (SSSR count). The molecule has 1 N–H and O–H groups in total. The molecular weight excluding hydrogens is 498 g/mol. The zero-order valence-electron chi connectivity index (χ0n) is 19.2. The molecule has 4 aromatic rings. The fourth-order valence-corrected chi connectivity index (χ4v) is 6.23. The first kappa shape index (κ1) is 24.0. The smallest absolute Gasteiger partial charge is 0.236 e. The largest absolute Gasteiger partial charge is 0.301 e. The molecule has 0 saturated heterocycles. The summed E-state index contributed by atoms with van der Waals surface area (Å²) in [6.45, 7) is 0. The van der Waals surface area contributed by atoms with Crippen LogP contribution in [0.1, 0.15) is 54.3 Å². The molecule has 1 aliphatic rings. The van der Waals surface area contributed by atoms with Crippen LogP contribution in [0.2, 0.25) is 5.02 Å². The van der Waals surface area contributed by atoms with Gasteiger partial charge in [0.1, 0.15) is 5.82 Å². The maximum Gasteiger partial charge on any atom is 0.236 e. The molecule has 0 bridgehead atoms. The van der Waals surface area contributed by atoms with Gasteiger partial charge in [0.05, 0.1) is 5.75 Å². The molecule has 2 aromatic heterocycles. The molecule has 0 spiro atoms. The van der Waals surface area contributed by atoms with Gasteiger partial charge in [-0.3, -0.25) is 9.36 Å². The van der Waals surface area contributed by atoms with E-state index in [1.165, 1.54) is 42.4 Å². The molecule has 0 atom stereocenters. The molecule has 1 saturated carbocycles. The maximum atomic E-state index is 12.7. The van der Waals surface area contributed by atoms with Gasteiger partial charge in [0, 0.05) is 34.1 Å². The van der Waals surface area contributed by atoms with Gasteiger partial charge in [-0.2, -0.15) is 0 Å². The summed E-state index contributed by atoms with van der Waals surface area (Å²) in [5.74, 6) is 1.54. The number of para-hydroxylation sites is 1. The molecule has 0 aliphatic heterocycles. The van der Waals surface area contributed by atoms with Crippen LogP contribution in [0.4, 0.5) is 5.13 Å². The number of aromatic nitrogens is 4. The highest BCUT2D eigenvalue weighted by molar-refractivity contribution is 7.99. The lowest BCUT2D eigenvalue weighted by atomic mass is 9.88. The predicted octanol–water partition coefficient (Wildman–Crippen LogP) is 6.75. The molecular formula is C26H26ClN5OS2. The molecule has 1 fully saturated rings. The van der Waals surface area contributed by atoms with Crippen LogP contribution in [0.5, 0.6) is 0 Å². The number of carbonyl (C=O) groups excluding carboxylic acids is 1. The third-order valence-corrected chi connectivity index (χ3v) is 8.12. The van der Waals surface area contributed by atoms with Crippen LogP contribution in [0.15, 0.2) is 66.0 Å². The molecule has 2 aromatic carbocycles. The number of hydrogen-bond donors (Lipinski definition) is 1. The number of amides is 1. The van der Waals surface area contributed by atoms with E-state index in [0.29, 0.717) is 16.1 Å². The number of nitrogens with zero attached hydrogens (tertiary/aromatic N) is 4. The normalized spacial score (nSPS) is 14.2. The molecule has 0 radical (unpaired) electrons. The Kier molecular flexibility index (Phi) is 7.81. The summed E-state index contributed by atoms with van der Waals surface area (Å²) in [5, 5.41) is 14.0. The Balaban J connectivity index is 1.24. The molecule has 6 nitrogen and oxygen atoms in total. The molecule has 35 heavy (non-hydrogen) atoms. The van der Waals surface area contributed by atoms with E-state index in [0.717, 1.165) is 46.4 Å². The van der Waals surface area contributed by atoms with E-state index in [9.17, 15) is 4.79 Å². The van der Waals surface area contributed by atoms with E-state index in [2.05, 4.69) is 37.2 Å². The van der Waals surface area contributed by atoms with Crippen molar-refractivity contribution in [1.82, 2.24) is 19.7 Å². The van der Waals surface area contributed by atoms with E-state index in [-0.39, 0.29) is 11.7 Å². The zero-order valence-corrected chi connectivity index (χ0v) is 21.6. The van der Waals surface area contributed by atoms with Crippen molar-refractivity contribution in [1.29, 1.82) is 0 Å². The van der Waals surface area contributed by atoms with Crippen LogP contribution >= 0.6 is 34.7 Å². The lowest BCUT2D eigenvalue weighted by Crippen LogP contribution is -2.15. The highest BCUT2D eigenvalue weighted by Gasteiger charge is 2.24. The highest BCUT2D eigenvalue weighted by Crippen LogP contribution is 2.35. The summed E-state index contributed by atoms with van der Waals surface area (Å²) < 4.78 is 2.13. The van der Waals surface area contributed by atoms with Crippen LogP contribution in [0, 0.1) is 0 Å². The highest BCUT2D eigenvalue weighted by atomic mass is 35.5. The van der Waals surface area contributed by atoms with Crippen molar-refractivity contribution in [3.63, 3.8) is 0 Å². The lowest BCUT2D eigenvalue weighted by Gasteiger charge is -2.22. The molecule has 2 heterocycles. The second-order valence-corrected chi connectivity index (χ2v) is 11.1. The van der Waals surface area contributed by atoms with E-state index >= 15 is 0 Å². The SMILES string of the molecule is O=C(CSc1nnc(C2CCCCC2)n1-c1ccccc1)Nc1ncc(Cc2cccc(Cl)c2)s1. The van der Waals surface area contributed by atoms with E-state index in [1.807, 2.05) is 42.5 Å². The molecule has 0 unspecified atom stereocenters. The van der Waals surface area contributed by atoms with Crippen LogP contribution in [0.25, 0.3) is 5.69 Å². The number of halogens is 1. The van der Waals surface area contributed by atoms with E-state index in [4.69, 9.17) is 11.6 Å². The van der Waals surface area contributed by atoms with Gasteiger partial charge in [0.2, 0.25) is 5.91 Å². The average molecular weight is 524 g/mol. The first-order valence-corrected chi connectivity index (χ1v) is 14.0. The summed E-state index contributed by atoms with van der Waals surface area (Å²) in [6, 6.07) is 17.9. The van der Waals surface area contributed by atoms with Gasteiger partial charge in [-0.25, -0.2) is 4.98 Å². The Labute approximate surface area is 218 Å². The number of thioether (sulfide) groups is 1. The number of hydrogen-bond acceptors (Lipinski definition) is 6. The zero-order chi connectivity index (χ0) is 24.0. The fourth-order valence-electron chi connectivity index (χ4n) is 4.40. The van der Waals surface area contributed by atoms with Gasteiger partial charge in [-0.15, -0.1) is 21.5 Å². The van der Waals surface area contributed by atoms with Crippen LogP contribution in [-0.4, -0.2) is 31.4 Å². The first-order valence-electron chi connectivity index (χ1n) is 11.8. The number of benzene rings is 2. The Hall–Kier alpha value is -2.68. The quantitative estimate of drug-likeness (QED) is 0.259. The predicted molar refractivity (Wildman–Crippen MR) is 143 cm³/mol. The van der Waals surface area contributed by atoms with Gasteiger partial charge >= 0.3 is 0 Å². The molecule has 1 amide bonds. The van der Waals surface area contributed by atoms with Gasteiger partial charge in [-0.1, -0.05) is 73.0 Å². The van der Waals surface area contributed by atoms with Crippen molar-refractivity contribution in [3.8, 4) is 5.69 Å². The second-order valence-electron chi connectivity index (χ2n) is 8.62. The van der Waals surface area contributed by atoms with Gasteiger partial charge in [0.15, 0.2) is 10.3 Å². The Bertz CT molecular complexity index is 1280. The topological polar surface area (TPSA) is 72.7 Å². The van der Waals surface area contributed by atoms with Crippen molar-refractivity contribution < 1.29 is 4.79 Å². The monoisotopic (exact) mass is 523 g/mol. The third-order valence-electron chi connectivity index (χ3n) is 6.04. The van der Waals surface area contributed by atoms with Crippen LogP contribution in [0.3, 0.4) is 0 Å². The number of rotatable bonds is 8. The van der Waals surface area contributed by atoms with Gasteiger partial charge in [-0.05, 0) is 42.7 Å². The maximum absolute atomic E-state index is 12.7.